The van der Waals surface area contributed by atoms with Gasteiger partial charge in [-0.15, -0.1) is 0 Å². The van der Waals surface area contributed by atoms with Crippen molar-refractivity contribution in [1.29, 1.82) is 0 Å². The zero-order valence-corrected chi connectivity index (χ0v) is 15.0. The molecule has 0 radical (unpaired) electrons. The van der Waals surface area contributed by atoms with Crippen molar-refractivity contribution in [2.24, 2.45) is 0 Å². The van der Waals surface area contributed by atoms with E-state index >= 15 is 0 Å². The first-order valence-electron chi connectivity index (χ1n) is 8.34. The van der Waals surface area contributed by atoms with Crippen LogP contribution in [0.15, 0.2) is 66.4 Å². The van der Waals surface area contributed by atoms with Crippen LogP contribution < -0.4 is 5.32 Å². The van der Waals surface area contributed by atoms with Gasteiger partial charge in [-0.2, -0.15) is 0 Å². The van der Waals surface area contributed by atoms with E-state index < -0.39 is 0 Å². The van der Waals surface area contributed by atoms with Crippen LogP contribution in [0.5, 0.6) is 0 Å². The summed E-state index contributed by atoms with van der Waals surface area (Å²) in [5, 5.41) is 3.19. The van der Waals surface area contributed by atoms with E-state index in [0.29, 0.717) is 24.4 Å². The molecule has 5 nitrogen and oxygen atoms in total. The molecule has 0 bridgehead atoms. The number of aldehydes is 1. The average molecular weight is 353 g/mol. The normalized spacial score (nSPS) is 12.3. The van der Waals surface area contributed by atoms with Crippen LogP contribution in [0, 0.1) is 0 Å². The van der Waals surface area contributed by atoms with Crippen molar-refractivity contribution in [2.75, 3.05) is 14.2 Å². The predicted molar refractivity (Wildman–Crippen MR) is 99.7 cm³/mol. The maximum absolute atomic E-state index is 11.5. The zero-order chi connectivity index (χ0) is 18.8. The molecule has 0 aliphatic rings. The molecule has 0 aromatic heterocycles. The molecule has 1 N–H and O–H groups in total. The van der Waals surface area contributed by atoms with Gasteiger partial charge in [0.15, 0.2) is 0 Å². The third kappa shape index (κ3) is 5.57. The fraction of sp³-hybridized carbons (Fsp3) is 0.238. The summed E-state index contributed by atoms with van der Waals surface area (Å²) in [6, 6.07) is 16.9. The minimum atomic E-state index is -0.378. The first-order chi connectivity index (χ1) is 12.7. The van der Waals surface area contributed by atoms with Crippen molar-refractivity contribution >= 4 is 12.3 Å². The highest BCUT2D eigenvalue weighted by Crippen LogP contribution is 2.15. The van der Waals surface area contributed by atoms with Crippen LogP contribution >= 0.6 is 0 Å². The Hall–Kier alpha value is -2.92. The maximum Gasteiger partial charge on any atom is 0.337 e. The Morgan fingerprint density at radius 1 is 1.08 bits per heavy atom. The molecule has 0 saturated heterocycles. The van der Waals surface area contributed by atoms with Crippen LogP contribution in [0.4, 0.5) is 0 Å². The quantitative estimate of drug-likeness (QED) is 0.325. The molecule has 0 heterocycles. The third-order valence-corrected chi connectivity index (χ3v) is 3.99. The van der Waals surface area contributed by atoms with Gasteiger partial charge in [-0.1, -0.05) is 42.5 Å². The topological polar surface area (TPSA) is 64.6 Å². The number of carbonyl (C=O) groups is 2. The van der Waals surface area contributed by atoms with E-state index in [4.69, 9.17) is 4.74 Å². The summed E-state index contributed by atoms with van der Waals surface area (Å²) in [5.74, 6) is 0.195. The van der Waals surface area contributed by atoms with E-state index in [1.807, 2.05) is 37.4 Å². The molecule has 2 aromatic carbocycles. The van der Waals surface area contributed by atoms with Crippen molar-refractivity contribution in [3.63, 3.8) is 0 Å². The van der Waals surface area contributed by atoms with E-state index in [2.05, 4.69) is 10.1 Å². The second-order valence-electron chi connectivity index (χ2n) is 5.71. The Morgan fingerprint density at radius 2 is 1.77 bits per heavy atom. The fourth-order valence-electron chi connectivity index (χ4n) is 2.55. The van der Waals surface area contributed by atoms with Crippen LogP contribution in [-0.2, 0) is 27.3 Å². The molecular formula is C21H23NO4. The van der Waals surface area contributed by atoms with Gasteiger partial charge in [0.1, 0.15) is 18.7 Å². The highest BCUT2D eigenvalue weighted by Gasteiger charge is 2.15. The number of hydrogen-bond acceptors (Lipinski definition) is 5. The summed E-state index contributed by atoms with van der Waals surface area (Å²) in [7, 11) is 3.18. The highest BCUT2D eigenvalue weighted by atomic mass is 16.5. The number of methoxy groups -OCH3 is 1. The van der Waals surface area contributed by atoms with Crippen molar-refractivity contribution in [2.45, 2.75) is 19.1 Å². The number of benzene rings is 2. The average Bonchev–Trinajstić information content (AvgIpc) is 2.70. The van der Waals surface area contributed by atoms with Gasteiger partial charge in [-0.3, -0.25) is 4.79 Å². The van der Waals surface area contributed by atoms with Crippen LogP contribution in [0.3, 0.4) is 0 Å². The summed E-state index contributed by atoms with van der Waals surface area (Å²) in [4.78, 5) is 22.5. The van der Waals surface area contributed by atoms with Crippen LogP contribution in [0.25, 0.3) is 0 Å². The SMILES string of the molecule is CN[C@@H](Cc1ccccc1)/C(=C\C=O)OCc1ccc(C(=O)OC)cc1. The lowest BCUT2D eigenvalue weighted by Gasteiger charge is -2.20. The molecule has 5 heteroatoms. The molecule has 0 unspecified atom stereocenters. The summed E-state index contributed by atoms with van der Waals surface area (Å²) in [6.45, 7) is 0.300. The molecule has 0 amide bonds. The van der Waals surface area contributed by atoms with E-state index in [1.165, 1.54) is 13.2 Å². The summed E-state index contributed by atoms with van der Waals surface area (Å²) in [6.07, 6.45) is 2.87. The molecule has 0 fully saturated rings. The van der Waals surface area contributed by atoms with Gasteiger partial charge >= 0.3 is 5.97 Å². The summed E-state index contributed by atoms with van der Waals surface area (Å²) in [5.41, 5.74) is 2.52. The van der Waals surface area contributed by atoms with E-state index in [-0.39, 0.29) is 12.0 Å². The Kier molecular flexibility index (Phi) is 7.58. The molecule has 136 valence electrons. The monoisotopic (exact) mass is 353 g/mol. The van der Waals surface area contributed by atoms with Gasteiger partial charge < -0.3 is 14.8 Å². The standard InChI is InChI=1S/C21H23NO4/c1-22-19(14-16-6-4-3-5-7-16)20(12-13-23)26-15-17-8-10-18(11-9-17)21(24)25-2/h3-13,19,22H,14-15H2,1-2H3/b20-12+/t19-/m0/s1. The molecule has 1 atom stereocenters. The van der Waals surface area contributed by atoms with Gasteiger partial charge in [-0.25, -0.2) is 4.79 Å². The molecule has 26 heavy (non-hydrogen) atoms. The lowest BCUT2D eigenvalue weighted by molar-refractivity contribution is -0.104. The van der Waals surface area contributed by atoms with Crippen LogP contribution in [0.1, 0.15) is 21.5 Å². The van der Waals surface area contributed by atoms with Gasteiger partial charge in [0, 0.05) is 6.08 Å². The Morgan fingerprint density at radius 3 is 2.35 bits per heavy atom. The summed E-state index contributed by atoms with van der Waals surface area (Å²) >= 11 is 0. The Balaban J connectivity index is 2.04. The van der Waals surface area contributed by atoms with Crippen molar-refractivity contribution in [1.82, 2.24) is 5.32 Å². The molecule has 0 aliphatic carbocycles. The van der Waals surface area contributed by atoms with E-state index in [1.54, 1.807) is 24.3 Å². The van der Waals surface area contributed by atoms with Crippen LogP contribution in [-0.4, -0.2) is 32.5 Å². The van der Waals surface area contributed by atoms with Gasteiger partial charge in [0.05, 0.1) is 18.7 Å². The van der Waals surface area contributed by atoms with Crippen LogP contribution in [0.2, 0.25) is 0 Å². The second-order valence-corrected chi connectivity index (χ2v) is 5.71. The number of hydrogen-bond donors (Lipinski definition) is 1. The largest absolute Gasteiger partial charge is 0.491 e. The molecule has 2 rings (SSSR count). The maximum atomic E-state index is 11.5. The van der Waals surface area contributed by atoms with Crippen molar-refractivity contribution < 1.29 is 19.1 Å². The van der Waals surface area contributed by atoms with Gasteiger partial charge in [0.2, 0.25) is 0 Å². The number of likely N-dealkylation sites (N-methyl/N-ethyl adjacent to an activating group) is 1. The minimum Gasteiger partial charge on any atom is -0.491 e. The smallest absolute Gasteiger partial charge is 0.337 e. The Bertz CT molecular complexity index is 738. The number of carbonyl (C=O) groups excluding carboxylic acids is 2. The molecule has 0 saturated carbocycles. The Labute approximate surface area is 153 Å². The van der Waals surface area contributed by atoms with E-state index in [0.717, 1.165) is 17.4 Å². The highest BCUT2D eigenvalue weighted by molar-refractivity contribution is 5.89. The van der Waals surface area contributed by atoms with Gasteiger partial charge in [0.25, 0.3) is 0 Å². The number of rotatable bonds is 9. The molecule has 2 aromatic rings. The lowest BCUT2D eigenvalue weighted by atomic mass is 10.0. The first kappa shape index (κ1) is 19.4. The minimum absolute atomic E-state index is 0.114. The lowest BCUT2D eigenvalue weighted by Crippen LogP contribution is -2.31. The molecule has 0 aliphatic heterocycles. The first-order valence-corrected chi connectivity index (χ1v) is 8.34. The van der Waals surface area contributed by atoms with Gasteiger partial charge in [-0.05, 0) is 36.7 Å². The van der Waals surface area contributed by atoms with E-state index in [9.17, 15) is 9.59 Å². The fourth-order valence-corrected chi connectivity index (χ4v) is 2.55. The zero-order valence-electron chi connectivity index (χ0n) is 15.0. The summed E-state index contributed by atoms with van der Waals surface area (Å²) < 4.78 is 10.6. The number of esters is 1. The molecule has 0 spiro atoms. The molecular weight excluding hydrogens is 330 g/mol. The predicted octanol–water partition coefficient (Wildman–Crippen LogP) is 2.90. The third-order valence-electron chi connectivity index (χ3n) is 3.99. The van der Waals surface area contributed by atoms with Crippen molar-refractivity contribution in [3.05, 3.63) is 83.1 Å². The number of nitrogens with one attached hydrogen (secondary N) is 1. The number of allylic oxidation sites excluding steroid dienone is 1. The van der Waals surface area contributed by atoms with Crippen molar-refractivity contribution in [3.8, 4) is 0 Å². The number of ether oxygens (including phenoxy) is 2. The second kappa shape index (κ2) is 10.2.